The van der Waals surface area contributed by atoms with E-state index in [2.05, 4.69) is 5.32 Å². The molecule has 1 N–H and O–H groups in total. The van der Waals surface area contributed by atoms with Crippen LogP contribution in [0.3, 0.4) is 0 Å². The minimum atomic E-state index is -0.399. The maximum Gasteiger partial charge on any atom is 0.231 e. The molecule has 2 aliphatic rings. The van der Waals surface area contributed by atoms with Crippen LogP contribution in [-0.4, -0.2) is 38.3 Å². The number of fused-ring (bicyclic) bond motifs is 1. The van der Waals surface area contributed by atoms with Crippen molar-refractivity contribution in [2.24, 2.45) is 5.92 Å². The third-order valence-electron chi connectivity index (χ3n) is 4.63. The summed E-state index contributed by atoms with van der Waals surface area (Å²) in [4.78, 5) is 26.4. The molecule has 2 aliphatic heterocycles. The number of carbonyl (C=O) groups is 2. The number of nitrogens with zero attached hydrogens (tertiary/aromatic N) is 1. The van der Waals surface area contributed by atoms with Crippen LogP contribution in [0.15, 0.2) is 42.5 Å². The lowest BCUT2D eigenvalue weighted by atomic mass is 10.1. The summed E-state index contributed by atoms with van der Waals surface area (Å²) < 4.78 is 16.2. The zero-order valence-corrected chi connectivity index (χ0v) is 15.8. The van der Waals surface area contributed by atoms with Crippen molar-refractivity contribution >= 4 is 29.1 Å². The Morgan fingerprint density at radius 1 is 1.21 bits per heavy atom. The van der Waals surface area contributed by atoms with Crippen LogP contribution in [-0.2, 0) is 9.59 Å². The molecule has 1 unspecified atom stereocenters. The highest BCUT2D eigenvalue weighted by Crippen LogP contribution is 2.37. The number of rotatable bonds is 6. The third kappa shape index (κ3) is 3.99. The monoisotopic (exact) mass is 402 g/mol. The van der Waals surface area contributed by atoms with Gasteiger partial charge >= 0.3 is 0 Å². The normalized spacial score (nSPS) is 17.7. The Hall–Kier alpha value is -2.93. The molecule has 2 heterocycles. The number of hydrogen-bond acceptors (Lipinski definition) is 5. The first-order chi connectivity index (χ1) is 13.6. The van der Waals surface area contributed by atoms with Crippen molar-refractivity contribution in [2.75, 3.05) is 31.4 Å². The van der Waals surface area contributed by atoms with E-state index < -0.39 is 5.92 Å². The molecule has 7 nitrogen and oxygen atoms in total. The number of ether oxygens (including phenoxy) is 3. The highest BCUT2D eigenvalue weighted by molar-refractivity contribution is 6.30. The van der Waals surface area contributed by atoms with Gasteiger partial charge in [-0.25, -0.2) is 0 Å². The van der Waals surface area contributed by atoms with Crippen molar-refractivity contribution in [2.45, 2.75) is 6.42 Å². The highest BCUT2D eigenvalue weighted by Gasteiger charge is 2.35. The van der Waals surface area contributed by atoms with Gasteiger partial charge in [-0.1, -0.05) is 17.7 Å². The predicted molar refractivity (Wildman–Crippen MR) is 103 cm³/mol. The molecule has 28 heavy (non-hydrogen) atoms. The molecule has 1 atom stereocenters. The Bertz CT molecular complexity index is 904. The van der Waals surface area contributed by atoms with Gasteiger partial charge in [-0.2, -0.15) is 0 Å². The number of carbonyl (C=O) groups excluding carboxylic acids is 2. The molecule has 1 fully saturated rings. The molecular formula is C20H19ClN2O5. The molecule has 0 radical (unpaired) electrons. The first kappa shape index (κ1) is 18.4. The summed E-state index contributed by atoms with van der Waals surface area (Å²) in [5.41, 5.74) is 0.703. The molecule has 4 rings (SSSR count). The van der Waals surface area contributed by atoms with E-state index in [-0.39, 0.29) is 25.0 Å². The van der Waals surface area contributed by atoms with Crippen molar-refractivity contribution in [3.05, 3.63) is 47.5 Å². The van der Waals surface area contributed by atoms with Gasteiger partial charge in [-0.3, -0.25) is 9.59 Å². The molecule has 146 valence electrons. The van der Waals surface area contributed by atoms with Gasteiger partial charge in [-0.05, 0) is 30.3 Å². The van der Waals surface area contributed by atoms with Crippen molar-refractivity contribution < 1.29 is 23.8 Å². The number of amides is 2. The fraction of sp³-hybridized carbons (Fsp3) is 0.300. The standard InChI is InChI=1S/C20H19ClN2O5/c21-14-2-1-3-16(9-14)26-7-6-22-20(25)13-8-19(24)23(11-13)15-4-5-17-18(10-15)28-12-27-17/h1-5,9-10,13H,6-8,11-12H2,(H,22,25). The number of nitrogens with one attached hydrogen (secondary N) is 1. The molecule has 8 heteroatoms. The van der Waals surface area contributed by atoms with E-state index in [0.717, 1.165) is 0 Å². The summed E-state index contributed by atoms with van der Waals surface area (Å²) >= 11 is 5.90. The molecular weight excluding hydrogens is 384 g/mol. The first-order valence-corrected chi connectivity index (χ1v) is 9.34. The van der Waals surface area contributed by atoms with Gasteiger partial charge in [0.1, 0.15) is 12.4 Å². The third-order valence-corrected chi connectivity index (χ3v) is 4.86. The number of hydrogen-bond donors (Lipinski definition) is 1. The van der Waals surface area contributed by atoms with Crippen molar-refractivity contribution in [1.29, 1.82) is 0 Å². The zero-order valence-electron chi connectivity index (χ0n) is 15.0. The van der Waals surface area contributed by atoms with Crippen LogP contribution in [0.25, 0.3) is 0 Å². The van der Waals surface area contributed by atoms with E-state index in [1.807, 2.05) is 0 Å². The number of benzene rings is 2. The van der Waals surface area contributed by atoms with E-state index in [1.165, 1.54) is 0 Å². The fourth-order valence-corrected chi connectivity index (χ4v) is 3.41. The lowest BCUT2D eigenvalue weighted by Crippen LogP contribution is -2.35. The average Bonchev–Trinajstić information content (AvgIpc) is 3.31. The summed E-state index contributed by atoms with van der Waals surface area (Å²) in [6, 6.07) is 12.4. The van der Waals surface area contributed by atoms with Gasteiger partial charge in [0.05, 0.1) is 12.5 Å². The minimum Gasteiger partial charge on any atom is -0.492 e. The second kappa shape index (κ2) is 7.98. The molecule has 2 aromatic rings. The summed E-state index contributed by atoms with van der Waals surface area (Å²) in [6.07, 6.45) is 0.176. The summed E-state index contributed by atoms with van der Waals surface area (Å²) in [5.74, 6) is 1.26. The van der Waals surface area contributed by atoms with E-state index in [9.17, 15) is 9.59 Å². The molecule has 2 aromatic carbocycles. The van der Waals surface area contributed by atoms with Crippen molar-refractivity contribution in [3.63, 3.8) is 0 Å². The molecule has 0 aliphatic carbocycles. The maximum absolute atomic E-state index is 12.4. The van der Waals surface area contributed by atoms with Gasteiger partial charge in [0.15, 0.2) is 11.5 Å². The van der Waals surface area contributed by atoms with E-state index >= 15 is 0 Å². The SMILES string of the molecule is O=C(NCCOc1cccc(Cl)c1)C1CC(=O)N(c2ccc3c(c2)OCO3)C1. The molecule has 0 aromatic heterocycles. The van der Waals surface area contributed by atoms with Crippen LogP contribution in [0.2, 0.25) is 5.02 Å². The topological polar surface area (TPSA) is 77.1 Å². The van der Waals surface area contributed by atoms with Crippen LogP contribution in [0.5, 0.6) is 17.2 Å². The second-order valence-corrected chi connectivity index (χ2v) is 6.98. The van der Waals surface area contributed by atoms with Gasteiger partial charge in [-0.15, -0.1) is 0 Å². The largest absolute Gasteiger partial charge is 0.492 e. The molecule has 0 bridgehead atoms. The van der Waals surface area contributed by atoms with Crippen LogP contribution in [0.1, 0.15) is 6.42 Å². The Morgan fingerprint density at radius 3 is 2.93 bits per heavy atom. The Balaban J connectivity index is 1.28. The molecule has 2 amide bonds. The van der Waals surface area contributed by atoms with E-state index in [1.54, 1.807) is 47.4 Å². The van der Waals surface area contributed by atoms with Gasteiger partial charge in [0.2, 0.25) is 18.6 Å². The van der Waals surface area contributed by atoms with Gasteiger partial charge < -0.3 is 24.4 Å². The Kier molecular flexibility index (Phi) is 5.25. The van der Waals surface area contributed by atoms with Gasteiger partial charge in [0, 0.05) is 29.7 Å². The lowest BCUT2D eigenvalue weighted by Gasteiger charge is -2.17. The molecule has 1 saturated heterocycles. The van der Waals surface area contributed by atoms with E-state index in [0.29, 0.717) is 47.7 Å². The van der Waals surface area contributed by atoms with E-state index in [4.69, 9.17) is 25.8 Å². The zero-order chi connectivity index (χ0) is 19.5. The van der Waals surface area contributed by atoms with Gasteiger partial charge in [0.25, 0.3) is 0 Å². The number of halogens is 1. The lowest BCUT2D eigenvalue weighted by molar-refractivity contribution is -0.126. The van der Waals surface area contributed by atoms with Crippen LogP contribution >= 0.6 is 11.6 Å². The maximum atomic E-state index is 12.4. The quantitative estimate of drug-likeness (QED) is 0.751. The van der Waals surface area contributed by atoms with Crippen molar-refractivity contribution in [1.82, 2.24) is 5.32 Å². The van der Waals surface area contributed by atoms with Crippen molar-refractivity contribution in [3.8, 4) is 17.2 Å². The molecule has 0 spiro atoms. The molecule has 0 saturated carbocycles. The second-order valence-electron chi connectivity index (χ2n) is 6.54. The van der Waals surface area contributed by atoms with Crippen LogP contribution in [0, 0.1) is 5.92 Å². The first-order valence-electron chi connectivity index (χ1n) is 8.96. The fourth-order valence-electron chi connectivity index (χ4n) is 3.23. The average molecular weight is 403 g/mol. The smallest absolute Gasteiger partial charge is 0.231 e. The highest BCUT2D eigenvalue weighted by atomic mass is 35.5. The number of anilines is 1. The summed E-state index contributed by atoms with van der Waals surface area (Å²) in [6.45, 7) is 1.17. The van der Waals surface area contributed by atoms with Crippen LogP contribution in [0.4, 0.5) is 5.69 Å². The Labute approximate surface area is 167 Å². The Morgan fingerprint density at radius 2 is 2.07 bits per heavy atom. The van der Waals surface area contributed by atoms with Crippen LogP contribution < -0.4 is 24.4 Å². The summed E-state index contributed by atoms with van der Waals surface area (Å²) in [7, 11) is 0. The minimum absolute atomic E-state index is 0.0887. The summed E-state index contributed by atoms with van der Waals surface area (Å²) in [5, 5.41) is 3.42. The predicted octanol–water partition coefficient (Wildman–Crippen LogP) is 2.62.